The van der Waals surface area contributed by atoms with Gasteiger partial charge >= 0.3 is 6.03 Å². The van der Waals surface area contributed by atoms with Crippen LogP contribution in [-0.4, -0.2) is 45.4 Å². The Morgan fingerprint density at radius 2 is 2.17 bits per heavy atom. The fourth-order valence-electron chi connectivity index (χ4n) is 2.23. The van der Waals surface area contributed by atoms with Crippen molar-refractivity contribution in [3.8, 4) is 0 Å². The first-order valence-corrected chi connectivity index (χ1v) is 8.13. The third-order valence-corrected chi connectivity index (χ3v) is 4.32. The molecular formula is C15H16N4O3S. The first-order valence-electron chi connectivity index (χ1n) is 7.25. The van der Waals surface area contributed by atoms with Crippen LogP contribution in [0, 0.1) is 0 Å². The molecule has 1 aromatic heterocycles. The molecule has 0 saturated carbocycles. The van der Waals surface area contributed by atoms with Gasteiger partial charge in [-0.1, -0.05) is 42.1 Å². The standard InChI is InChI=1S/C15H16N4O3S/c1-10(13(20)19-8-7-16-14(19)21)23-15-18-17-12(22-15)9-11-5-3-2-4-6-11/h2-6,10H,7-9H2,1H3,(H,16,21)/t10-/m1/s1. The number of nitrogens with zero attached hydrogens (tertiary/aromatic N) is 3. The highest BCUT2D eigenvalue weighted by atomic mass is 32.2. The van der Waals surface area contributed by atoms with Crippen LogP contribution in [0.1, 0.15) is 18.4 Å². The smallest absolute Gasteiger partial charge is 0.324 e. The summed E-state index contributed by atoms with van der Waals surface area (Å²) in [7, 11) is 0. The van der Waals surface area contributed by atoms with Crippen molar-refractivity contribution in [3.05, 3.63) is 41.8 Å². The highest BCUT2D eigenvalue weighted by molar-refractivity contribution is 8.00. The molecule has 1 aliphatic rings. The van der Waals surface area contributed by atoms with Crippen LogP contribution in [0.5, 0.6) is 0 Å². The maximum Gasteiger partial charge on any atom is 0.324 e. The van der Waals surface area contributed by atoms with Gasteiger partial charge in [0, 0.05) is 13.1 Å². The SMILES string of the molecule is C[C@@H](Sc1nnc(Cc2ccccc2)o1)C(=O)N1CCNC1=O. The number of hydrogen-bond acceptors (Lipinski definition) is 6. The summed E-state index contributed by atoms with van der Waals surface area (Å²) in [5, 5.41) is 10.4. The molecule has 7 nitrogen and oxygen atoms in total. The molecule has 120 valence electrons. The Morgan fingerprint density at radius 1 is 1.39 bits per heavy atom. The predicted octanol–water partition coefficient (Wildman–Crippen LogP) is 1.69. The van der Waals surface area contributed by atoms with Crippen LogP contribution in [0.3, 0.4) is 0 Å². The summed E-state index contributed by atoms with van der Waals surface area (Å²) in [4.78, 5) is 24.9. The Morgan fingerprint density at radius 3 is 2.87 bits per heavy atom. The number of nitrogens with one attached hydrogen (secondary N) is 1. The van der Waals surface area contributed by atoms with E-state index in [2.05, 4.69) is 15.5 Å². The minimum Gasteiger partial charge on any atom is -0.416 e. The van der Waals surface area contributed by atoms with Crippen molar-refractivity contribution < 1.29 is 14.0 Å². The van der Waals surface area contributed by atoms with Gasteiger partial charge in [-0.2, -0.15) is 0 Å². The lowest BCUT2D eigenvalue weighted by Crippen LogP contribution is -2.38. The summed E-state index contributed by atoms with van der Waals surface area (Å²) in [6.07, 6.45) is 0.547. The Balaban J connectivity index is 1.60. The van der Waals surface area contributed by atoms with Crippen LogP contribution >= 0.6 is 11.8 Å². The van der Waals surface area contributed by atoms with Crippen LogP contribution in [0.2, 0.25) is 0 Å². The molecule has 1 aliphatic heterocycles. The molecule has 0 spiro atoms. The Bertz CT molecular complexity index is 704. The van der Waals surface area contributed by atoms with E-state index in [1.165, 1.54) is 4.90 Å². The van der Waals surface area contributed by atoms with Crippen LogP contribution in [0.15, 0.2) is 40.0 Å². The Hall–Kier alpha value is -2.35. The van der Waals surface area contributed by atoms with Gasteiger partial charge in [0.1, 0.15) is 0 Å². The summed E-state index contributed by atoms with van der Waals surface area (Å²) in [5.41, 5.74) is 1.07. The van der Waals surface area contributed by atoms with E-state index in [-0.39, 0.29) is 11.9 Å². The third kappa shape index (κ3) is 3.70. The molecule has 1 N–H and O–H groups in total. The van der Waals surface area contributed by atoms with E-state index in [4.69, 9.17) is 4.42 Å². The molecule has 8 heteroatoms. The van der Waals surface area contributed by atoms with Gasteiger partial charge in [-0.05, 0) is 12.5 Å². The molecule has 1 atom stereocenters. The van der Waals surface area contributed by atoms with Crippen molar-refractivity contribution >= 4 is 23.7 Å². The highest BCUT2D eigenvalue weighted by Gasteiger charge is 2.31. The van der Waals surface area contributed by atoms with Gasteiger partial charge in [-0.3, -0.25) is 9.69 Å². The molecule has 23 heavy (non-hydrogen) atoms. The van der Waals surface area contributed by atoms with E-state index in [9.17, 15) is 9.59 Å². The minimum absolute atomic E-state index is 0.257. The van der Waals surface area contributed by atoms with Gasteiger partial charge in [0.05, 0.1) is 11.7 Å². The molecule has 0 unspecified atom stereocenters. The zero-order valence-electron chi connectivity index (χ0n) is 12.6. The second-order valence-corrected chi connectivity index (χ2v) is 6.40. The zero-order valence-corrected chi connectivity index (χ0v) is 13.4. The van der Waals surface area contributed by atoms with Crippen LogP contribution in [-0.2, 0) is 11.2 Å². The van der Waals surface area contributed by atoms with Crippen molar-refractivity contribution in [1.29, 1.82) is 0 Å². The van der Waals surface area contributed by atoms with E-state index in [1.807, 2.05) is 30.3 Å². The van der Waals surface area contributed by atoms with Gasteiger partial charge in [-0.25, -0.2) is 4.79 Å². The molecule has 0 bridgehead atoms. The van der Waals surface area contributed by atoms with Gasteiger partial charge in [0.25, 0.3) is 5.22 Å². The van der Waals surface area contributed by atoms with Gasteiger partial charge in [0.2, 0.25) is 11.8 Å². The molecule has 1 saturated heterocycles. The number of benzene rings is 1. The summed E-state index contributed by atoms with van der Waals surface area (Å²) in [5.74, 6) is 0.241. The van der Waals surface area contributed by atoms with Gasteiger partial charge in [0.15, 0.2) is 0 Å². The van der Waals surface area contributed by atoms with E-state index in [0.717, 1.165) is 17.3 Å². The number of carbonyl (C=O) groups excluding carboxylic acids is 2. The molecule has 3 amide bonds. The number of thioether (sulfide) groups is 1. The average Bonchev–Trinajstić information content (AvgIpc) is 3.16. The molecule has 0 aliphatic carbocycles. The molecule has 2 aromatic rings. The van der Waals surface area contributed by atoms with Crippen molar-refractivity contribution in [2.75, 3.05) is 13.1 Å². The van der Waals surface area contributed by atoms with E-state index < -0.39 is 5.25 Å². The summed E-state index contributed by atoms with van der Waals surface area (Å²) in [6.45, 7) is 2.61. The first-order chi connectivity index (χ1) is 11.1. The number of hydrogen-bond donors (Lipinski definition) is 1. The molecule has 2 heterocycles. The lowest BCUT2D eigenvalue weighted by Gasteiger charge is -2.15. The van der Waals surface area contributed by atoms with E-state index in [0.29, 0.717) is 30.6 Å². The third-order valence-electron chi connectivity index (χ3n) is 3.39. The van der Waals surface area contributed by atoms with Gasteiger partial charge < -0.3 is 9.73 Å². The van der Waals surface area contributed by atoms with Crippen LogP contribution in [0.4, 0.5) is 4.79 Å². The van der Waals surface area contributed by atoms with Crippen molar-refractivity contribution in [1.82, 2.24) is 20.4 Å². The number of imide groups is 1. The highest BCUT2D eigenvalue weighted by Crippen LogP contribution is 2.24. The van der Waals surface area contributed by atoms with Crippen molar-refractivity contribution in [2.45, 2.75) is 23.8 Å². The Kier molecular flexibility index (Phi) is 4.61. The number of amides is 3. The fourth-order valence-corrected chi connectivity index (χ4v) is 2.99. The summed E-state index contributed by atoms with van der Waals surface area (Å²) >= 11 is 1.16. The van der Waals surface area contributed by atoms with E-state index in [1.54, 1.807) is 6.92 Å². The number of urea groups is 1. The second kappa shape index (κ2) is 6.82. The fraction of sp³-hybridized carbons (Fsp3) is 0.333. The number of rotatable bonds is 5. The summed E-state index contributed by atoms with van der Waals surface area (Å²) in [6, 6.07) is 9.45. The van der Waals surface area contributed by atoms with Crippen LogP contribution in [0.25, 0.3) is 0 Å². The van der Waals surface area contributed by atoms with Crippen LogP contribution < -0.4 is 5.32 Å². The largest absolute Gasteiger partial charge is 0.416 e. The van der Waals surface area contributed by atoms with Crippen molar-refractivity contribution in [3.63, 3.8) is 0 Å². The lowest BCUT2D eigenvalue weighted by atomic mass is 10.2. The number of aromatic nitrogens is 2. The van der Waals surface area contributed by atoms with Gasteiger partial charge in [-0.15, -0.1) is 10.2 Å². The molecule has 1 fully saturated rings. The number of carbonyl (C=O) groups is 2. The molecule has 3 rings (SSSR count). The maximum absolute atomic E-state index is 12.2. The first kappa shape index (κ1) is 15.5. The lowest BCUT2D eigenvalue weighted by molar-refractivity contribution is -0.126. The Labute approximate surface area is 137 Å². The molecular weight excluding hydrogens is 316 g/mol. The predicted molar refractivity (Wildman–Crippen MR) is 84.0 cm³/mol. The summed E-state index contributed by atoms with van der Waals surface area (Å²) < 4.78 is 5.57. The minimum atomic E-state index is -0.469. The normalized spacial score (nSPS) is 15.5. The zero-order chi connectivity index (χ0) is 16.2. The molecule has 0 radical (unpaired) electrons. The second-order valence-electron chi connectivity index (χ2n) is 5.11. The monoisotopic (exact) mass is 332 g/mol. The maximum atomic E-state index is 12.2. The topological polar surface area (TPSA) is 88.3 Å². The van der Waals surface area contributed by atoms with E-state index >= 15 is 0 Å². The van der Waals surface area contributed by atoms with Crippen molar-refractivity contribution in [2.24, 2.45) is 0 Å². The molecule has 1 aromatic carbocycles. The quantitative estimate of drug-likeness (QED) is 0.838. The average molecular weight is 332 g/mol.